The van der Waals surface area contributed by atoms with Crippen molar-refractivity contribution in [3.63, 3.8) is 0 Å². The number of aromatic nitrogens is 3. The van der Waals surface area contributed by atoms with E-state index in [-0.39, 0.29) is 23.2 Å². The van der Waals surface area contributed by atoms with E-state index in [1.807, 2.05) is 12.1 Å². The fraction of sp³-hybridized carbons (Fsp3) is 0.0556. The van der Waals surface area contributed by atoms with Gasteiger partial charge in [0.05, 0.1) is 11.1 Å². The van der Waals surface area contributed by atoms with E-state index in [1.54, 1.807) is 18.2 Å². The van der Waals surface area contributed by atoms with Crippen LogP contribution in [0.25, 0.3) is 33.7 Å². The first-order chi connectivity index (χ1) is 12.4. The summed E-state index contributed by atoms with van der Waals surface area (Å²) in [6.07, 6.45) is -3.76. The van der Waals surface area contributed by atoms with Gasteiger partial charge in [-0.2, -0.15) is 18.2 Å². The van der Waals surface area contributed by atoms with E-state index in [1.165, 1.54) is 12.1 Å². The van der Waals surface area contributed by atoms with Gasteiger partial charge in [-0.15, -0.1) is 0 Å². The molecule has 0 radical (unpaired) electrons. The van der Waals surface area contributed by atoms with Crippen molar-refractivity contribution in [2.45, 2.75) is 6.18 Å². The van der Waals surface area contributed by atoms with Crippen LogP contribution in [0.4, 0.5) is 13.2 Å². The van der Waals surface area contributed by atoms with Gasteiger partial charge in [0.1, 0.15) is 11.4 Å². The molecule has 0 aliphatic rings. The van der Waals surface area contributed by atoms with Gasteiger partial charge in [-0.05, 0) is 29.0 Å². The van der Waals surface area contributed by atoms with E-state index in [2.05, 4.69) is 15.1 Å². The Kier molecular flexibility index (Phi) is 3.61. The Morgan fingerprint density at radius 1 is 0.962 bits per heavy atom. The molecule has 0 unspecified atom stereocenters. The molecule has 0 spiro atoms. The Bertz CT molecular complexity index is 1090. The molecule has 4 rings (SSSR count). The van der Waals surface area contributed by atoms with Crippen LogP contribution in [0.1, 0.15) is 5.56 Å². The summed E-state index contributed by atoms with van der Waals surface area (Å²) < 4.78 is 43.1. The van der Waals surface area contributed by atoms with Crippen LogP contribution in [-0.4, -0.2) is 20.2 Å². The lowest BCUT2D eigenvalue weighted by Gasteiger charge is -2.05. The SMILES string of the molecule is Oc1ccc2ccccc2c1-c1nc(-c2ccc(C(F)(F)F)cn2)no1. The number of benzene rings is 2. The molecule has 2 heterocycles. The largest absolute Gasteiger partial charge is 0.507 e. The van der Waals surface area contributed by atoms with Crippen molar-refractivity contribution in [3.8, 4) is 28.7 Å². The fourth-order valence-corrected chi connectivity index (χ4v) is 2.61. The molecule has 0 saturated carbocycles. The van der Waals surface area contributed by atoms with E-state index in [4.69, 9.17) is 4.52 Å². The van der Waals surface area contributed by atoms with Gasteiger partial charge < -0.3 is 9.63 Å². The predicted molar refractivity (Wildman–Crippen MR) is 87.1 cm³/mol. The van der Waals surface area contributed by atoms with Crippen molar-refractivity contribution in [2.24, 2.45) is 0 Å². The Morgan fingerprint density at radius 3 is 2.50 bits per heavy atom. The monoisotopic (exact) mass is 357 g/mol. The molecule has 1 N–H and O–H groups in total. The van der Waals surface area contributed by atoms with E-state index < -0.39 is 11.7 Å². The summed E-state index contributed by atoms with van der Waals surface area (Å²) in [5, 5.41) is 15.5. The maximum absolute atomic E-state index is 12.6. The maximum Gasteiger partial charge on any atom is 0.417 e. The van der Waals surface area contributed by atoms with Gasteiger partial charge in [0.15, 0.2) is 0 Å². The van der Waals surface area contributed by atoms with Gasteiger partial charge in [0.25, 0.3) is 5.89 Å². The van der Waals surface area contributed by atoms with Crippen molar-refractivity contribution < 1.29 is 22.8 Å². The summed E-state index contributed by atoms with van der Waals surface area (Å²) in [5.41, 5.74) is -0.377. The summed E-state index contributed by atoms with van der Waals surface area (Å²) >= 11 is 0. The van der Waals surface area contributed by atoms with Gasteiger partial charge in [0.2, 0.25) is 5.82 Å². The van der Waals surface area contributed by atoms with Gasteiger partial charge in [-0.3, -0.25) is 4.98 Å². The van der Waals surface area contributed by atoms with Gasteiger partial charge in [0, 0.05) is 6.20 Å². The number of nitrogens with zero attached hydrogens (tertiary/aromatic N) is 3. The quantitative estimate of drug-likeness (QED) is 0.564. The summed E-state index contributed by atoms with van der Waals surface area (Å²) in [6, 6.07) is 12.7. The molecule has 0 fully saturated rings. The van der Waals surface area contributed by atoms with E-state index in [9.17, 15) is 18.3 Å². The van der Waals surface area contributed by atoms with Crippen molar-refractivity contribution in [3.05, 3.63) is 60.3 Å². The topological polar surface area (TPSA) is 72.0 Å². The Morgan fingerprint density at radius 2 is 1.77 bits per heavy atom. The number of alkyl halides is 3. The lowest BCUT2D eigenvalue weighted by molar-refractivity contribution is -0.137. The van der Waals surface area contributed by atoms with Crippen LogP contribution in [0, 0.1) is 0 Å². The molecule has 8 heteroatoms. The third-order valence-corrected chi connectivity index (χ3v) is 3.87. The van der Waals surface area contributed by atoms with E-state index in [0.29, 0.717) is 17.1 Å². The van der Waals surface area contributed by atoms with Crippen molar-refractivity contribution >= 4 is 10.8 Å². The highest BCUT2D eigenvalue weighted by atomic mass is 19.4. The molecule has 0 saturated heterocycles. The Hall–Kier alpha value is -3.42. The molecular weight excluding hydrogens is 347 g/mol. The summed E-state index contributed by atoms with van der Waals surface area (Å²) in [7, 11) is 0. The summed E-state index contributed by atoms with van der Waals surface area (Å²) in [6.45, 7) is 0. The highest BCUT2D eigenvalue weighted by molar-refractivity contribution is 5.97. The number of halogens is 3. The number of aromatic hydroxyl groups is 1. The Labute approximate surface area is 144 Å². The maximum atomic E-state index is 12.6. The lowest BCUT2D eigenvalue weighted by atomic mass is 10.0. The van der Waals surface area contributed by atoms with Crippen molar-refractivity contribution in [1.82, 2.24) is 15.1 Å². The number of fused-ring (bicyclic) bond motifs is 1. The average molecular weight is 357 g/mol. The van der Waals surface area contributed by atoms with Crippen LogP contribution in [0.15, 0.2) is 59.3 Å². The third-order valence-electron chi connectivity index (χ3n) is 3.87. The number of phenolic OH excluding ortho intramolecular Hbond substituents is 1. The minimum absolute atomic E-state index is 0.0288. The smallest absolute Gasteiger partial charge is 0.417 e. The van der Waals surface area contributed by atoms with E-state index >= 15 is 0 Å². The molecule has 2 aromatic carbocycles. The molecule has 130 valence electrons. The molecule has 0 bridgehead atoms. The molecule has 0 aliphatic carbocycles. The number of phenols is 1. The summed E-state index contributed by atoms with van der Waals surface area (Å²) in [5.74, 6) is 0.0383. The third kappa shape index (κ3) is 2.75. The van der Waals surface area contributed by atoms with Crippen LogP contribution < -0.4 is 0 Å². The second-order valence-corrected chi connectivity index (χ2v) is 5.53. The molecule has 2 aromatic heterocycles. The molecule has 4 aromatic rings. The fourth-order valence-electron chi connectivity index (χ4n) is 2.61. The number of hydrogen-bond donors (Lipinski definition) is 1. The zero-order valence-corrected chi connectivity index (χ0v) is 13.0. The number of rotatable bonds is 2. The normalized spacial score (nSPS) is 11.8. The van der Waals surface area contributed by atoms with Crippen LogP contribution >= 0.6 is 0 Å². The van der Waals surface area contributed by atoms with E-state index in [0.717, 1.165) is 11.5 Å². The van der Waals surface area contributed by atoms with Crippen molar-refractivity contribution in [1.29, 1.82) is 0 Å². The standard InChI is InChI=1S/C18H10F3N3O2/c19-18(20,21)11-6-7-13(22-9-11)16-23-17(26-24-16)15-12-4-2-1-3-10(12)5-8-14(15)25/h1-9,25H. The van der Waals surface area contributed by atoms with Crippen LogP contribution in [0.3, 0.4) is 0 Å². The summed E-state index contributed by atoms with van der Waals surface area (Å²) in [4.78, 5) is 7.91. The minimum atomic E-state index is -4.47. The highest BCUT2D eigenvalue weighted by Crippen LogP contribution is 2.36. The first kappa shape index (κ1) is 16.1. The molecular formula is C18H10F3N3O2. The molecule has 0 aliphatic heterocycles. The molecule has 0 atom stereocenters. The zero-order valence-electron chi connectivity index (χ0n) is 13.0. The van der Waals surface area contributed by atoms with Gasteiger partial charge in [-0.1, -0.05) is 35.5 Å². The van der Waals surface area contributed by atoms with Crippen LogP contribution in [-0.2, 0) is 6.18 Å². The van der Waals surface area contributed by atoms with Crippen molar-refractivity contribution in [2.75, 3.05) is 0 Å². The average Bonchev–Trinajstić information content (AvgIpc) is 3.10. The van der Waals surface area contributed by atoms with Crippen LogP contribution in [0.5, 0.6) is 5.75 Å². The zero-order chi connectivity index (χ0) is 18.3. The second-order valence-electron chi connectivity index (χ2n) is 5.53. The van der Waals surface area contributed by atoms with Gasteiger partial charge >= 0.3 is 6.18 Å². The second kappa shape index (κ2) is 5.83. The number of pyridine rings is 1. The molecule has 5 nitrogen and oxygen atoms in total. The van der Waals surface area contributed by atoms with Crippen LogP contribution in [0.2, 0.25) is 0 Å². The lowest BCUT2D eigenvalue weighted by Crippen LogP contribution is -2.05. The first-order valence-electron chi connectivity index (χ1n) is 7.52. The first-order valence-corrected chi connectivity index (χ1v) is 7.52. The molecule has 26 heavy (non-hydrogen) atoms. The molecule has 0 amide bonds. The van der Waals surface area contributed by atoms with Gasteiger partial charge in [-0.25, -0.2) is 0 Å². The number of hydrogen-bond acceptors (Lipinski definition) is 5. The predicted octanol–water partition coefficient (Wildman–Crippen LogP) is 4.68. The Balaban J connectivity index is 1.77. The highest BCUT2D eigenvalue weighted by Gasteiger charge is 2.31. The minimum Gasteiger partial charge on any atom is -0.507 e.